The Kier molecular flexibility index (Phi) is 7.80. The summed E-state index contributed by atoms with van der Waals surface area (Å²) in [7, 11) is 3.21. The van der Waals surface area contributed by atoms with E-state index in [1.807, 2.05) is 31.2 Å². The molecule has 160 valence electrons. The van der Waals surface area contributed by atoms with E-state index in [9.17, 15) is 14.4 Å². The molecule has 0 atom stereocenters. The highest BCUT2D eigenvalue weighted by Gasteiger charge is 2.28. The third-order valence-electron chi connectivity index (χ3n) is 4.69. The van der Waals surface area contributed by atoms with Gasteiger partial charge in [0.2, 0.25) is 5.91 Å². The van der Waals surface area contributed by atoms with Crippen LogP contribution in [-0.2, 0) is 14.4 Å². The first-order valence-corrected chi connectivity index (χ1v) is 9.67. The Labute approximate surface area is 176 Å². The van der Waals surface area contributed by atoms with Gasteiger partial charge in [0, 0.05) is 31.9 Å². The van der Waals surface area contributed by atoms with Crippen molar-refractivity contribution < 1.29 is 14.4 Å². The number of amides is 2. The van der Waals surface area contributed by atoms with Crippen molar-refractivity contribution in [3.8, 4) is 0 Å². The van der Waals surface area contributed by atoms with Gasteiger partial charge in [-0.2, -0.15) is 0 Å². The van der Waals surface area contributed by atoms with Crippen LogP contribution in [0.5, 0.6) is 0 Å². The Morgan fingerprint density at radius 2 is 1.83 bits per heavy atom. The largest absolute Gasteiger partial charge is 0.398 e. The van der Waals surface area contributed by atoms with Crippen LogP contribution in [0.4, 0.5) is 0 Å². The lowest BCUT2D eigenvalue weighted by Gasteiger charge is -2.32. The average Bonchev–Trinajstić information content (AvgIpc) is 2.71. The molecule has 5 N–H and O–H groups in total. The van der Waals surface area contributed by atoms with E-state index in [2.05, 4.69) is 5.32 Å². The second-order valence-corrected chi connectivity index (χ2v) is 7.37. The molecule has 1 aliphatic rings. The number of carbonyl (C=O) groups is 3. The molecule has 1 aliphatic heterocycles. The fourth-order valence-electron chi connectivity index (χ4n) is 3.09. The van der Waals surface area contributed by atoms with Crippen LogP contribution < -0.4 is 16.8 Å². The first-order chi connectivity index (χ1) is 14.2. The number of allylic oxidation sites excluding steroid dienone is 3. The molecular formula is C22H29N5O3. The molecule has 0 aromatic heterocycles. The van der Waals surface area contributed by atoms with Crippen LogP contribution >= 0.6 is 0 Å². The van der Waals surface area contributed by atoms with Crippen molar-refractivity contribution in [2.24, 2.45) is 11.5 Å². The number of aryl methyl sites for hydroxylation is 1. The number of rotatable bonds is 7. The summed E-state index contributed by atoms with van der Waals surface area (Å²) in [6.45, 7) is 2.41. The van der Waals surface area contributed by atoms with Gasteiger partial charge in [0.15, 0.2) is 0 Å². The van der Waals surface area contributed by atoms with E-state index in [0.29, 0.717) is 36.9 Å². The molecule has 0 saturated heterocycles. The summed E-state index contributed by atoms with van der Waals surface area (Å²) in [5.74, 6) is -0.559. The number of carbonyl (C=O) groups excluding carboxylic acids is 3. The minimum Gasteiger partial charge on any atom is -0.398 e. The number of nitrogens with one attached hydrogen (secondary N) is 1. The minimum atomic E-state index is -0.387. The van der Waals surface area contributed by atoms with Crippen molar-refractivity contribution in [1.82, 2.24) is 15.1 Å². The third-order valence-corrected chi connectivity index (χ3v) is 4.69. The van der Waals surface area contributed by atoms with Gasteiger partial charge in [0.25, 0.3) is 5.91 Å². The van der Waals surface area contributed by atoms with Crippen molar-refractivity contribution in [3.63, 3.8) is 0 Å². The van der Waals surface area contributed by atoms with Gasteiger partial charge in [-0.05, 0) is 37.5 Å². The topological polar surface area (TPSA) is 122 Å². The molecule has 0 spiro atoms. The summed E-state index contributed by atoms with van der Waals surface area (Å²) in [6, 6.07) is 7.72. The lowest BCUT2D eigenvalue weighted by molar-refractivity contribution is -0.127. The number of nitrogens with two attached hydrogens (primary N) is 2. The molecule has 8 heteroatoms. The molecule has 8 nitrogen and oxygen atoms in total. The maximum Gasteiger partial charge on any atom is 0.270 e. The summed E-state index contributed by atoms with van der Waals surface area (Å²) < 4.78 is 0. The fourth-order valence-corrected chi connectivity index (χ4v) is 3.09. The Balaban J connectivity index is 2.07. The Morgan fingerprint density at radius 1 is 1.17 bits per heavy atom. The third kappa shape index (κ3) is 5.97. The number of likely N-dealkylation sites (N-methyl/N-ethyl adjacent to an activating group) is 1. The van der Waals surface area contributed by atoms with Gasteiger partial charge in [-0.25, -0.2) is 0 Å². The SMILES string of the molecule is Cc1ccc(/C(N)=C/C=C(\N)NC(=O)CN2CCCC(C=O)=C2C(=O)N(C)C)cc1. The van der Waals surface area contributed by atoms with E-state index in [1.165, 1.54) is 11.0 Å². The Morgan fingerprint density at radius 3 is 2.43 bits per heavy atom. The average molecular weight is 412 g/mol. The van der Waals surface area contributed by atoms with Crippen LogP contribution in [0, 0.1) is 6.92 Å². The van der Waals surface area contributed by atoms with Crippen LogP contribution in [0.3, 0.4) is 0 Å². The Bertz CT molecular complexity index is 898. The molecule has 1 heterocycles. The van der Waals surface area contributed by atoms with E-state index in [0.717, 1.165) is 11.1 Å². The summed E-state index contributed by atoms with van der Waals surface area (Å²) >= 11 is 0. The van der Waals surface area contributed by atoms with Crippen LogP contribution in [-0.4, -0.2) is 55.1 Å². The molecule has 2 amide bonds. The van der Waals surface area contributed by atoms with E-state index >= 15 is 0 Å². The van der Waals surface area contributed by atoms with Crippen molar-refractivity contribution in [2.75, 3.05) is 27.2 Å². The first-order valence-electron chi connectivity index (χ1n) is 9.67. The molecule has 0 fully saturated rings. The zero-order chi connectivity index (χ0) is 22.3. The van der Waals surface area contributed by atoms with Crippen molar-refractivity contribution in [3.05, 3.63) is 64.6 Å². The molecule has 30 heavy (non-hydrogen) atoms. The van der Waals surface area contributed by atoms with E-state index in [4.69, 9.17) is 11.5 Å². The maximum atomic E-state index is 12.5. The summed E-state index contributed by atoms with van der Waals surface area (Å²) in [5.41, 5.74) is 15.1. The van der Waals surface area contributed by atoms with Gasteiger partial charge in [-0.15, -0.1) is 0 Å². The zero-order valence-corrected chi connectivity index (χ0v) is 17.6. The van der Waals surface area contributed by atoms with Gasteiger partial charge in [0.1, 0.15) is 17.8 Å². The fraction of sp³-hybridized carbons (Fsp3) is 0.318. The predicted octanol–water partition coefficient (Wildman–Crippen LogP) is 0.848. The van der Waals surface area contributed by atoms with E-state index < -0.39 is 0 Å². The quantitative estimate of drug-likeness (QED) is 0.452. The number of hydrogen-bond acceptors (Lipinski definition) is 6. The molecule has 0 aliphatic carbocycles. The van der Waals surface area contributed by atoms with Gasteiger partial charge >= 0.3 is 0 Å². The lowest BCUT2D eigenvalue weighted by Crippen LogP contribution is -2.44. The van der Waals surface area contributed by atoms with Gasteiger partial charge in [-0.3, -0.25) is 14.4 Å². The number of aldehydes is 1. The molecule has 1 aromatic carbocycles. The smallest absolute Gasteiger partial charge is 0.270 e. The monoisotopic (exact) mass is 411 g/mol. The summed E-state index contributed by atoms with van der Waals surface area (Å²) in [5, 5.41) is 2.59. The predicted molar refractivity (Wildman–Crippen MR) is 116 cm³/mol. The molecule has 0 saturated carbocycles. The first kappa shape index (κ1) is 22.7. The van der Waals surface area contributed by atoms with Crippen LogP contribution in [0.2, 0.25) is 0 Å². The highest BCUT2D eigenvalue weighted by Crippen LogP contribution is 2.22. The molecule has 0 bridgehead atoms. The van der Waals surface area contributed by atoms with Crippen LogP contribution in [0.15, 0.2) is 53.5 Å². The standard InChI is InChI=1S/C22H29N5O3/c1-15-6-8-16(9-7-15)18(23)10-11-19(24)25-20(29)13-27-12-4-5-17(14-28)21(27)22(30)26(2)3/h6-11,14H,4-5,12-13,23-24H2,1-3H3,(H,25,29)/b18-10-,19-11+. The van der Waals surface area contributed by atoms with E-state index in [-0.39, 0.29) is 29.9 Å². The molecular weight excluding hydrogens is 382 g/mol. The van der Waals surface area contributed by atoms with Gasteiger partial charge < -0.3 is 26.6 Å². The molecule has 0 radical (unpaired) electrons. The molecule has 0 unspecified atom stereocenters. The maximum absolute atomic E-state index is 12.5. The van der Waals surface area contributed by atoms with Crippen molar-refractivity contribution in [2.45, 2.75) is 19.8 Å². The normalized spacial score (nSPS) is 15.1. The number of benzene rings is 1. The van der Waals surface area contributed by atoms with Gasteiger partial charge in [0.05, 0.1) is 6.54 Å². The van der Waals surface area contributed by atoms with Crippen molar-refractivity contribution in [1.29, 1.82) is 0 Å². The minimum absolute atomic E-state index is 0.0854. The lowest BCUT2D eigenvalue weighted by atomic mass is 10.0. The van der Waals surface area contributed by atoms with Crippen LogP contribution in [0.1, 0.15) is 24.0 Å². The number of nitrogens with zero attached hydrogens (tertiary/aromatic N) is 2. The molecule has 1 aromatic rings. The summed E-state index contributed by atoms with van der Waals surface area (Å²) in [4.78, 5) is 39.3. The Hall–Kier alpha value is -3.55. The zero-order valence-electron chi connectivity index (χ0n) is 17.6. The second-order valence-electron chi connectivity index (χ2n) is 7.37. The van der Waals surface area contributed by atoms with Crippen molar-refractivity contribution >= 4 is 23.8 Å². The van der Waals surface area contributed by atoms with Crippen LogP contribution in [0.25, 0.3) is 5.70 Å². The van der Waals surface area contributed by atoms with Gasteiger partial charge in [-0.1, -0.05) is 29.8 Å². The number of hydrogen-bond donors (Lipinski definition) is 3. The highest BCUT2D eigenvalue weighted by atomic mass is 16.2. The van der Waals surface area contributed by atoms with E-state index in [1.54, 1.807) is 25.1 Å². The second kappa shape index (κ2) is 10.3. The summed E-state index contributed by atoms with van der Waals surface area (Å²) in [6.07, 6.45) is 5.02. The molecule has 2 rings (SSSR count). The highest BCUT2D eigenvalue weighted by molar-refractivity contribution is 5.99.